The van der Waals surface area contributed by atoms with Gasteiger partial charge < -0.3 is 0 Å². The van der Waals surface area contributed by atoms with Crippen molar-refractivity contribution in [3.63, 3.8) is 0 Å². The van der Waals surface area contributed by atoms with Crippen LogP contribution in [0, 0.1) is 11.3 Å². The van der Waals surface area contributed by atoms with Crippen LogP contribution in [0.15, 0.2) is 0 Å². The average Bonchev–Trinajstić information content (AvgIpc) is 2.55. The van der Waals surface area contributed by atoms with E-state index >= 15 is 0 Å². The second-order valence-electron chi connectivity index (χ2n) is 3.43. The Morgan fingerprint density at radius 2 is 2.00 bits per heavy atom. The highest BCUT2D eigenvalue weighted by atomic mass is 15.2. The molecule has 0 aromatic carbocycles. The van der Waals surface area contributed by atoms with Crippen molar-refractivity contribution in [1.82, 2.24) is 4.90 Å². The van der Waals surface area contributed by atoms with Crippen molar-refractivity contribution in [3.8, 4) is 6.07 Å². The lowest BCUT2D eigenvalue weighted by Crippen LogP contribution is -2.42. The van der Waals surface area contributed by atoms with Gasteiger partial charge >= 0.3 is 0 Å². The fourth-order valence-electron chi connectivity index (χ4n) is 1.58. The molecule has 1 aliphatic rings. The van der Waals surface area contributed by atoms with E-state index in [1.165, 1.54) is 12.8 Å². The minimum absolute atomic E-state index is 0.198. The first-order valence-electron chi connectivity index (χ1n) is 4.39. The molecule has 0 amide bonds. The van der Waals surface area contributed by atoms with Crippen molar-refractivity contribution >= 4 is 0 Å². The fourth-order valence-corrected chi connectivity index (χ4v) is 1.58. The summed E-state index contributed by atoms with van der Waals surface area (Å²) in [6.07, 6.45) is 3.46. The summed E-state index contributed by atoms with van der Waals surface area (Å²) in [6, 6.07) is 2.40. The highest BCUT2D eigenvalue weighted by molar-refractivity contribution is 5.05. The lowest BCUT2D eigenvalue weighted by Gasteiger charge is -2.31. The number of hydrogen-bond acceptors (Lipinski definition) is 2. The van der Waals surface area contributed by atoms with Crippen molar-refractivity contribution in [3.05, 3.63) is 0 Å². The maximum Gasteiger partial charge on any atom is 0.106 e. The van der Waals surface area contributed by atoms with Crippen LogP contribution in [0.25, 0.3) is 0 Å². The van der Waals surface area contributed by atoms with Crippen LogP contribution >= 0.6 is 0 Å². The molecule has 0 aromatic rings. The van der Waals surface area contributed by atoms with E-state index < -0.39 is 0 Å². The van der Waals surface area contributed by atoms with E-state index in [1.807, 2.05) is 6.92 Å². The van der Waals surface area contributed by atoms with Gasteiger partial charge in [0.05, 0.1) is 6.07 Å². The van der Waals surface area contributed by atoms with Crippen molar-refractivity contribution < 1.29 is 0 Å². The Kier molecular flexibility index (Phi) is 2.51. The first kappa shape index (κ1) is 8.55. The molecule has 1 saturated heterocycles. The number of rotatable bonds is 2. The minimum Gasteiger partial charge on any atom is -0.286 e. The summed E-state index contributed by atoms with van der Waals surface area (Å²) in [6.45, 7) is 6.34. The molecule has 2 nitrogen and oxygen atoms in total. The SMILES string of the molecule is CCC(C)(C#N)N1CCCC1. The molecule has 0 aromatic heterocycles. The van der Waals surface area contributed by atoms with Gasteiger partial charge in [0.15, 0.2) is 0 Å². The minimum atomic E-state index is -0.198. The molecule has 0 saturated carbocycles. The molecule has 0 radical (unpaired) electrons. The first-order chi connectivity index (χ1) is 5.23. The topological polar surface area (TPSA) is 27.0 Å². The van der Waals surface area contributed by atoms with Gasteiger partial charge in [-0.15, -0.1) is 0 Å². The van der Waals surface area contributed by atoms with Crippen LogP contribution in [0.5, 0.6) is 0 Å². The second-order valence-corrected chi connectivity index (χ2v) is 3.43. The van der Waals surface area contributed by atoms with Crippen LogP contribution in [0.3, 0.4) is 0 Å². The quantitative estimate of drug-likeness (QED) is 0.603. The van der Waals surface area contributed by atoms with E-state index in [9.17, 15) is 0 Å². The third-order valence-corrected chi connectivity index (χ3v) is 2.73. The van der Waals surface area contributed by atoms with E-state index in [0.717, 1.165) is 19.5 Å². The van der Waals surface area contributed by atoms with E-state index in [-0.39, 0.29) is 5.54 Å². The molecule has 1 rings (SSSR count). The van der Waals surface area contributed by atoms with Crippen LogP contribution in [0.2, 0.25) is 0 Å². The summed E-state index contributed by atoms with van der Waals surface area (Å²) in [5.41, 5.74) is -0.198. The van der Waals surface area contributed by atoms with Crippen molar-refractivity contribution in [2.24, 2.45) is 0 Å². The van der Waals surface area contributed by atoms with Gasteiger partial charge in [0.2, 0.25) is 0 Å². The molecule has 0 bridgehead atoms. The Labute approximate surface area is 68.8 Å². The summed E-state index contributed by atoms with van der Waals surface area (Å²) in [4.78, 5) is 2.30. The molecule has 0 N–H and O–H groups in total. The smallest absolute Gasteiger partial charge is 0.106 e. The molecule has 62 valence electrons. The van der Waals surface area contributed by atoms with Gasteiger partial charge in [-0.1, -0.05) is 6.92 Å². The Hall–Kier alpha value is -0.550. The third-order valence-electron chi connectivity index (χ3n) is 2.73. The van der Waals surface area contributed by atoms with E-state index in [2.05, 4.69) is 17.9 Å². The molecule has 1 aliphatic heterocycles. The third kappa shape index (κ3) is 1.54. The highest BCUT2D eigenvalue weighted by Gasteiger charge is 2.31. The first-order valence-corrected chi connectivity index (χ1v) is 4.39. The molecular formula is C9H16N2. The van der Waals surface area contributed by atoms with Gasteiger partial charge in [0.25, 0.3) is 0 Å². The summed E-state index contributed by atoms with van der Waals surface area (Å²) >= 11 is 0. The maximum absolute atomic E-state index is 8.95. The van der Waals surface area contributed by atoms with E-state index in [4.69, 9.17) is 5.26 Å². The number of nitriles is 1. The van der Waals surface area contributed by atoms with Gasteiger partial charge in [-0.2, -0.15) is 5.26 Å². The fraction of sp³-hybridized carbons (Fsp3) is 0.889. The zero-order valence-corrected chi connectivity index (χ0v) is 7.43. The number of nitrogens with zero attached hydrogens (tertiary/aromatic N) is 2. The molecular weight excluding hydrogens is 136 g/mol. The Bertz CT molecular complexity index is 165. The summed E-state index contributed by atoms with van der Waals surface area (Å²) < 4.78 is 0. The largest absolute Gasteiger partial charge is 0.286 e. The van der Waals surface area contributed by atoms with Gasteiger partial charge in [-0.25, -0.2) is 0 Å². The van der Waals surface area contributed by atoms with Crippen molar-refractivity contribution in [1.29, 1.82) is 5.26 Å². The second kappa shape index (κ2) is 3.23. The number of hydrogen-bond donors (Lipinski definition) is 0. The molecule has 2 heteroatoms. The van der Waals surface area contributed by atoms with Crippen LogP contribution in [0.4, 0.5) is 0 Å². The monoisotopic (exact) mass is 152 g/mol. The average molecular weight is 152 g/mol. The van der Waals surface area contributed by atoms with Crippen molar-refractivity contribution in [2.75, 3.05) is 13.1 Å². The van der Waals surface area contributed by atoms with Crippen LogP contribution in [-0.4, -0.2) is 23.5 Å². The molecule has 1 atom stereocenters. The standard InChI is InChI=1S/C9H16N2/c1-3-9(2,8-10)11-6-4-5-7-11/h3-7H2,1-2H3. The molecule has 1 heterocycles. The van der Waals surface area contributed by atoms with E-state index in [1.54, 1.807) is 0 Å². The Balaban J connectivity index is 2.61. The Morgan fingerprint density at radius 1 is 1.45 bits per heavy atom. The number of likely N-dealkylation sites (tertiary alicyclic amines) is 1. The van der Waals surface area contributed by atoms with Crippen LogP contribution in [-0.2, 0) is 0 Å². The van der Waals surface area contributed by atoms with Gasteiger partial charge in [-0.3, -0.25) is 4.90 Å². The zero-order valence-electron chi connectivity index (χ0n) is 7.43. The molecule has 0 spiro atoms. The van der Waals surface area contributed by atoms with Gasteiger partial charge in [0.1, 0.15) is 5.54 Å². The zero-order chi connectivity index (χ0) is 8.32. The molecule has 0 aliphatic carbocycles. The Morgan fingerprint density at radius 3 is 2.36 bits per heavy atom. The predicted octanol–water partition coefficient (Wildman–Crippen LogP) is 1.77. The summed E-state index contributed by atoms with van der Waals surface area (Å²) in [7, 11) is 0. The van der Waals surface area contributed by atoms with Gasteiger partial charge in [0, 0.05) is 0 Å². The molecule has 1 unspecified atom stereocenters. The van der Waals surface area contributed by atoms with E-state index in [0.29, 0.717) is 0 Å². The summed E-state index contributed by atoms with van der Waals surface area (Å²) in [5.74, 6) is 0. The summed E-state index contributed by atoms with van der Waals surface area (Å²) in [5, 5.41) is 8.95. The normalized spacial score (nSPS) is 24.5. The molecule has 11 heavy (non-hydrogen) atoms. The van der Waals surface area contributed by atoms with Crippen molar-refractivity contribution in [2.45, 2.75) is 38.6 Å². The van der Waals surface area contributed by atoms with Gasteiger partial charge in [-0.05, 0) is 39.3 Å². The van der Waals surface area contributed by atoms with Crippen LogP contribution in [0.1, 0.15) is 33.1 Å². The maximum atomic E-state index is 8.95. The predicted molar refractivity (Wildman–Crippen MR) is 45.1 cm³/mol. The highest BCUT2D eigenvalue weighted by Crippen LogP contribution is 2.23. The van der Waals surface area contributed by atoms with Crippen LogP contribution < -0.4 is 0 Å². The lowest BCUT2D eigenvalue weighted by atomic mass is 9.99. The molecule has 1 fully saturated rings. The lowest BCUT2D eigenvalue weighted by molar-refractivity contribution is 0.187.